The van der Waals surface area contributed by atoms with Gasteiger partial charge in [0.15, 0.2) is 0 Å². The van der Waals surface area contributed by atoms with Gasteiger partial charge in [0.1, 0.15) is 5.75 Å². The van der Waals surface area contributed by atoms with Crippen LogP contribution >= 0.6 is 0 Å². The number of fused-ring (bicyclic) bond motifs is 1. The van der Waals surface area contributed by atoms with Crippen LogP contribution < -0.4 is 10.1 Å². The molecule has 2 aliphatic rings. The number of ether oxygens (including phenoxy) is 1. The Kier molecular flexibility index (Phi) is 3.76. The highest BCUT2D eigenvalue weighted by Gasteiger charge is 2.28. The second-order valence-corrected chi connectivity index (χ2v) is 5.84. The highest BCUT2D eigenvalue weighted by molar-refractivity contribution is 5.37. The van der Waals surface area contributed by atoms with Crippen molar-refractivity contribution in [1.82, 2.24) is 10.2 Å². The maximum atomic E-state index is 5.35. The van der Waals surface area contributed by atoms with Gasteiger partial charge in [-0.05, 0) is 62.5 Å². The van der Waals surface area contributed by atoms with E-state index in [2.05, 4.69) is 35.5 Å². The van der Waals surface area contributed by atoms with Gasteiger partial charge in [0.2, 0.25) is 0 Å². The Bertz CT molecular complexity index is 440. The van der Waals surface area contributed by atoms with Crippen molar-refractivity contribution in [3.63, 3.8) is 0 Å². The molecule has 2 unspecified atom stereocenters. The first-order chi connectivity index (χ1) is 9.28. The minimum atomic E-state index is 0.685. The van der Waals surface area contributed by atoms with Crippen molar-refractivity contribution >= 4 is 0 Å². The van der Waals surface area contributed by atoms with Crippen molar-refractivity contribution in [2.75, 3.05) is 27.2 Å². The molecule has 0 spiro atoms. The summed E-state index contributed by atoms with van der Waals surface area (Å²) in [5.41, 5.74) is 2.99. The summed E-state index contributed by atoms with van der Waals surface area (Å²) < 4.78 is 5.35. The van der Waals surface area contributed by atoms with Crippen molar-refractivity contribution in [3.8, 4) is 5.75 Å². The molecular formula is C16H24N2O. The number of nitrogens with zero attached hydrogens (tertiary/aromatic N) is 1. The Morgan fingerprint density at radius 1 is 1.21 bits per heavy atom. The summed E-state index contributed by atoms with van der Waals surface area (Å²) in [6, 6.07) is 7.95. The number of methoxy groups -OCH3 is 1. The zero-order valence-corrected chi connectivity index (χ0v) is 12.0. The third-order valence-corrected chi connectivity index (χ3v) is 4.80. The van der Waals surface area contributed by atoms with Crippen LogP contribution in [0.1, 0.15) is 24.0 Å². The Hall–Kier alpha value is -1.06. The summed E-state index contributed by atoms with van der Waals surface area (Å²) in [6.45, 7) is 2.32. The van der Waals surface area contributed by atoms with Crippen molar-refractivity contribution in [1.29, 1.82) is 0 Å². The van der Waals surface area contributed by atoms with Gasteiger partial charge in [0, 0.05) is 18.6 Å². The monoisotopic (exact) mass is 260 g/mol. The molecule has 3 rings (SSSR count). The summed E-state index contributed by atoms with van der Waals surface area (Å²) >= 11 is 0. The lowest BCUT2D eigenvalue weighted by atomic mass is 9.87. The molecule has 1 N–H and O–H groups in total. The topological polar surface area (TPSA) is 24.5 Å². The summed E-state index contributed by atoms with van der Waals surface area (Å²) in [5, 5.41) is 3.47. The van der Waals surface area contributed by atoms with Crippen molar-refractivity contribution in [3.05, 3.63) is 29.3 Å². The minimum absolute atomic E-state index is 0.685. The zero-order chi connectivity index (χ0) is 13.2. The first-order valence-corrected chi connectivity index (χ1v) is 7.36. The molecule has 1 aliphatic heterocycles. The van der Waals surface area contributed by atoms with Gasteiger partial charge in [0.05, 0.1) is 7.11 Å². The fourth-order valence-electron chi connectivity index (χ4n) is 3.47. The van der Waals surface area contributed by atoms with Gasteiger partial charge in [-0.25, -0.2) is 0 Å². The molecule has 0 amide bonds. The van der Waals surface area contributed by atoms with Gasteiger partial charge in [-0.1, -0.05) is 6.07 Å². The maximum absolute atomic E-state index is 5.35. The molecule has 0 radical (unpaired) electrons. The number of rotatable bonds is 3. The average molecular weight is 260 g/mol. The number of likely N-dealkylation sites (N-methyl/N-ethyl adjacent to an activating group) is 1. The summed E-state index contributed by atoms with van der Waals surface area (Å²) in [4.78, 5) is 2.60. The molecule has 0 bridgehead atoms. The molecule has 1 aromatic rings. The number of hydrogen-bond acceptors (Lipinski definition) is 3. The zero-order valence-electron chi connectivity index (χ0n) is 12.0. The van der Waals surface area contributed by atoms with Gasteiger partial charge in [-0.15, -0.1) is 0 Å². The maximum Gasteiger partial charge on any atom is 0.119 e. The second-order valence-electron chi connectivity index (χ2n) is 5.84. The van der Waals surface area contributed by atoms with Gasteiger partial charge in [-0.3, -0.25) is 4.90 Å². The average Bonchev–Trinajstić information content (AvgIpc) is 2.99. The fourth-order valence-corrected chi connectivity index (χ4v) is 3.47. The largest absolute Gasteiger partial charge is 0.497 e. The van der Waals surface area contributed by atoms with Crippen LogP contribution in [-0.4, -0.2) is 44.2 Å². The second kappa shape index (κ2) is 5.51. The molecular weight excluding hydrogens is 236 g/mol. The van der Waals surface area contributed by atoms with Gasteiger partial charge >= 0.3 is 0 Å². The van der Waals surface area contributed by atoms with Gasteiger partial charge < -0.3 is 10.1 Å². The molecule has 0 saturated carbocycles. The Balaban J connectivity index is 1.73. The Morgan fingerprint density at radius 3 is 2.84 bits per heavy atom. The lowest BCUT2D eigenvalue weighted by Gasteiger charge is -2.36. The SMILES string of the molecule is COc1ccc2c(c1)CC(N(C)C1CCNC1)CC2. The molecule has 19 heavy (non-hydrogen) atoms. The lowest BCUT2D eigenvalue weighted by molar-refractivity contribution is 0.168. The smallest absolute Gasteiger partial charge is 0.119 e. The first-order valence-electron chi connectivity index (χ1n) is 7.36. The highest BCUT2D eigenvalue weighted by atomic mass is 16.5. The highest BCUT2D eigenvalue weighted by Crippen LogP contribution is 2.28. The van der Waals surface area contributed by atoms with E-state index < -0.39 is 0 Å². The molecule has 1 fully saturated rings. The van der Waals surface area contributed by atoms with Gasteiger partial charge in [-0.2, -0.15) is 0 Å². The van der Waals surface area contributed by atoms with E-state index in [9.17, 15) is 0 Å². The lowest BCUT2D eigenvalue weighted by Crippen LogP contribution is -2.44. The van der Waals surface area contributed by atoms with E-state index in [1.54, 1.807) is 7.11 Å². The van der Waals surface area contributed by atoms with Crippen molar-refractivity contribution < 1.29 is 4.74 Å². The molecule has 1 heterocycles. The summed E-state index contributed by atoms with van der Waals surface area (Å²) in [5.74, 6) is 0.990. The van der Waals surface area contributed by atoms with E-state index in [1.165, 1.54) is 43.4 Å². The molecule has 104 valence electrons. The predicted octanol–water partition coefficient (Wildman–Crippen LogP) is 1.85. The fraction of sp³-hybridized carbons (Fsp3) is 0.625. The van der Waals surface area contributed by atoms with Gasteiger partial charge in [0.25, 0.3) is 0 Å². The number of aryl methyl sites for hydroxylation is 1. The minimum Gasteiger partial charge on any atom is -0.497 e. The van der Waals surface area contributed by atoms with E-state index in [-0.39, 0.29) is 0 Å². The summed E-state index contributed by atoms with van der Waals surface area (Å²) in [7, 11) is 4.05. The Morgan fingerprint density at radius 2 is 2.11 bits per heavy atom. The standard InChI is InChI=1S/C16H24N2O/c1-18(15-7-8-17-11-15)14-5-3-12-4-6-16(19-2)10-13(12)9-14/h4,6,10,14-15,17H,3,5,7-9,11H2,1-2H3. The molecule has 3 nitrogen and oxygen atoms in total. The molecule has 1 saturated heterocycles. The van der Waals surface area contributed by atoms with Crippen LogP contribution in [0.4, 0.5) is 0 Å². The van der Waals surface area contributed by atoms with Crippen LogP contribution in [0.15, 0.2) is 18.2 Å². The van der Waals surface area contributed by atoms with Crippen LogP contribution in [0.3, 0.4) is 0 Å². The van der Waals surface area contributed by atoms with Crippen molar-refractivity contribution in [2.24, 2.45) is 0 Å². The molecule has 1 aromatic carbocycles. The first kappa shape index (κ1) is 12.9. The van der Waals surface area contributed by atoms with Crippen LogP contribution in [0.5, 0.6) is 5.75 Å². The van der Waals surface area contributed by atoms with E-state index in [0.717, 1.165) is 18.3 Å². The number of nitrogens with one attached hydrogen (secondary N) is 1. The number of benzene rings is 1. The van der Waals surface area contributed by atoms with E-state index >= 15 is 0 Å². The van der Waals surface area contributed by atoms with Crippen LogP contribution in [0.2, 0.25) is 0 Å². The summed E-state index contributed by atoms with van der Waals surface area (Å²) in [6.07, 6.45) is 4.94. The van der Waals surface area contributed by atoms with E-state index in [1.807, 2.05) is 0 Å². The molecule has 3 heteroatoms. The third-order valence-electron chi connectivity index (χ3n) is 4.80. The van der Waals surface area contributed by atoms with E-state index in [0.29, 0.717) is 6.04 Å². The predicted molar refractivity (Wildman–Crippen MR) is 77.8 cm³/mol. The molecule has 1 aliphatic carbocycles. The van der Waals surface area contributed by atoms with Crippen LogP contribution in [0.25, 0.3) is 0 Å². The van der Waals surface area contributed by atoms with Crippen LogP contribution in [0, 0.1) is 0 Å². The normalized spacial score (nSPS) is 26.5. The Labute approximate surface area is 115 Å². The van der Waals surface area contributed by atoms with Crippen molar-refractivity contribution in [2.45, 2.75) is 37.8 Å². The quantitative estimate of drug-likeness (QED) is 0.897. The van der Waals surface area contributed by atoms with E-state index in [4.69, 9.17) is 4.74 Å². The third kappa shape index (κ3) is 2.63. The molecule has 2 atom stereocenters. The van der Waals surface area contributed by atoms with Crippen LogP contribution in [-0.2, 0) is 12.8 Å². The number of hydrogen-bond donors (Lipinski definition) is 1. The molecule has 0 aromatic heterocycles.